The fraction of sp³-hybridized carbons (Fsp3) is 0.357. The summed E-state index contributed by atoms with van der Waals surface area (Å²) < 4.78 is 10.4. The first-order valence-electron chi connectivity index (χ1n) is 5.62. The van der Waals surface area contributed by atoms with Crippen LogP contribution in [0, 0.1) is 11.3 Å². The van der Waals surface area contributed by atoms with Crippen molar-refractivity contribution in [2.45, 2.75) is 20.0 Å². The number of nitrogens with zero attached hydrogens (tertiary/aromatic N) is 1. The van der Waals surface area contributed by atoms with Crippen LogP contribution in [-0.4, -0.2) is 24.9 Å². The normalized spacial score (nSPS) is 12.7. The van der Waals surface area contributed by atoms with Gasteiger partial charge in [0.2, 0.25) is 0 Å². The molecule has 0 bridgehead atoms. The summed E-state index contributed by atoms with van der Waals surface area (Å²) in [5.74, 6) is 1.10. The number of aliphatic hydroxyl groups is 1. The van der Waals surface area contributed by atoms with Gasteiger partial charge in [0.15, 0.2) is 18.1 Å². The largest absolute Gasteiger partial charge is 0.493 e. The minimum Gasteiger partial charge on any atom is -0.493 e. The number of benzene rings is 1. The van der Waals surface area contributed by atoms with E-state index in [9.17, 15) is 5.11 Å². The zero-order chi connectivity index (χ0) is 13.5. The second-order valence-corrected chi connectivity index (χ2v) is 3.92. The summed E-state index contributed by atoms with van der Waals surface area (Å²) in [4.78, 5) is 0. The molecule has 0 saturated heterocycles. The Bertz CT molecular complexity index is 472. The molecule has 1 unspecified atom stereocenters. The lowest BCUT2D eigenvalue weighted by molar-refractivity contribution is 0.232. The molecule has 4 heteroatoms. The Labute approximate surface area is 107 Å². The molecular formula is C14H17NO3. The van der Waals surface area contributed by atoms with E-state index in [0.717, 1.165) is 11.1 Å². The third-order valence-corrected chi connectivity index (χ3v) is 2.53. The van der Waals surface area contributed by atoms with E-state index in [1.165, 1.54) is 0 Å². The van der Waals surface area contributed by atoms with Gasteiger partial charge in [0.25, 0.3) is 0 Å². The van der Waals surface area contributed by atoms with Crippen LogP contribution >= 0.6 is 0 Å². The third-order valence-electron chi connectivity index (χ3n) is 2.53. The number of rotatable bonds is 5. The molecule has 0 saturated carbocycles. The molecule has 4 nitrogen and oxygen atoms in total. The number of methoxy groups -OCH3 is 1. The van der Waals surface area contributed by atoms with Crippen molar-refractivity contribution in [1.82, 2.24) is 0 Å². The molecular weight excluding hydrogens is 230 g/mol. The van der Waals surface area contributed by atoms with Gasteiger partial charge >= 0.3 is 0 Å². The monoisotopic (exact) mass is 247 g/mol. The molecule has 0 aliphatic rings. The molecule has 0 amide bonds. The predicted octanol–water partition coefficient (Wildman–Crippen LogP) is 2.38. The van der Waals surface area contributed by atoms with Gasteiger partial charge in [-0.05, 0) is 37.1 Å². The van der Waals surface area contributed by atoms with E-state index in [-0.39, 0.29) is 6.61 Å². The lowest BCUT2D eigenvalue weighted by Gasteiger charge is -2.10. The molecule has 1 atom stereocenters. The maximum Gasteiger partial charge on any atom is 0.174 e. The van der Waals surface area contributed by atoms with Crippen LogP contribution in [0.25, 0.3) is 6.08 Å². The highest BCUT2D eigenvalue weighted by molar-refractivity contribution is 5.58. The summed E-state index contributed by atoms with van der Waals surface area (Å²) in [5, 5.41) is 17.9. The van der Waals surface area contributed by atoms with Crippen LogP contribution in [0.15, 0.2) is 23.8 Å². The third kappa shape index (κ3) is 3.79. The van der Waals surface area contributed by atoms with Crippen molar-refractivity contribution in [2.24, 2.45) is 0 Å². The Morgan fingerprint density at radius 3 is 2.78 bits per heavy atom. The Morgan fingerprint density at radius 2 is 2.22 bits per heavy atom. The van der Waals surface area contributed by atoms with Crippen molar-refractivity contribution in [3.05, 3.63) is 29.3 Å². The smallest absolute Gasteiger partial charge is 0.174 e. The number of hydrogen-bond donors (Lipinski definition) is 1. The standard InChI is InChI=1S/C14H17NO3/c1-10(11(2)16)8-12-4-5-13(18-7-6-15)14(9-12)17-3/h4-5,8-9,11,16H,7H2,1-3H3/b10-8-. The van der Waals surface area contributed by atoms with E-state index in [0.29, 0.717) is 11.5 Å². The first-order valence-corrected chi connectivity index (χ1v) is 5.62. The summed E-state index contributed by atoms with van der Waals surface area (Å²) >= 11 is 0. The number of hydrogen-bond acceptors (Lipinski definition) is 4. The van der Waals surface area contributed by atoms with Crippen molar-refractivity contribution in [2.75, 3.05) is 13.7 Å². The predicted molar refractivity (Wildman–Crippen MR) is 69.4 cm³/mol. The fourth-order valence-electron chi connectivity index (χ4n) is 1.39. The highest BCUT2D eigenvalue weighted by Crippen LogP contribution is 2.29. The molecule has 0 aromatic heterocycles. The molecule has 0 aliphatic carbocycles. The van der Waals surface area contributed by atoms with Crippen molar-refractivity contribution < 1.29 is 14.6 Å². The Balaban J connectivity index is 2.99. The zero-order valence-corrected chi connectivity index (χ0v) is 10.8. The number of aliphatic hydroxyl groups excluding tert-OH is 1. The van der Waals surface area contributed by atoms with Gasteiger partial charge in [-0.1, -0.05) is 12.1 Å². The van der Waals surface area contributed by atoms with Gasteiger partial charge in [-0.2, -0.15) is 5.26 Å². The number of ether oxygens (including phenoxy) is 2. The van der Waals surface area contributed by atoms with Gasteiger partial charge in [0.1, 0.15) is 6.07 Å². The van der Waals surface area contributed by atoms with Crippen LogP contribution in [0.5, 0.6) is 11.5 Å². The zero-order valence-electron chi connectivity index (χ0n) is 10.8. The molecule has 0 fully saturated rings. The van der Waals surface area contributed by atoms with Crippen LogP contribution in [0.1, 0.15) is 19.4 Å². The van der Waals surface area contributed by atoms with E-state index in [1.54, 1.807) is 26.2 Å². The Kier molecular flexibility index (Phi) is 5.22. The van der Waals surface area contributed by atoms with Gasteiger partial charge in [-0.15, -0.1) is 0 Å². The van der Waals surface area contributed by atoms with Crippen LogP contribution in [-0.2, 0) is 0 Å². The van der Waals surface area contributed by atoms with Gasteiger partial charge in [-0.25, -0.2) is 0 Å². The van der Waals surface area contributed by atoms with Crippen molar-refractivity contribution in [3.8, 4) is 17.6 Å². The maximum atomic E-state index is 9.42. The van der Waals surface area contributed by atoms with E-state index in [1.807, 2.05) is 25.1 Å². The van der Waals surface area contributed by atoms with Crippen molar-refractivity contribution >= 4 is 6.08 Å². The summed E-state index contributed by atoms with van der Waals surface area (Å²) in [6.45, 7) is 3.56. The highest BCUT2D eigenvalue weighted by Gasteiger charge is 2.05. The molecule has 1 aromatic carbocycles. The summed E-state index contributed by atoms with van der Waals surface area (Å²) in [7, 11) is 1.55. The molecule has 1 aromatic rings. The number of nitriles is 1. The summed E-state index contributed by atoms with van der Waals surface area (Å²) in [5.41, 5.74) is 1.78. The van der Waals surface area contributed by atoms with Gasteiger partial charge < -0.3 is 14.6 Å². The first-order chi connectivity index (χ1) is 8.58. The van der Waals surface area contributed by atoms with Crippen molar-refractivity contribution in [3.63, 3.8) is 0 Å². The van der Waals surface area contributed by atoms with Crippen LogP contribution in [0.4, 0.5) is 0 Å². The van der Waals surface area contributed by atoms with Crippen LogP contribution in [0.3, 0.4) is 0 Å². The van der Waals surface area contributed by atoms with E-state index < -0.39 is 6.10 Å². The average Bonchev–Trinajstić information content (AvgIpc) is 2.36. The Morgan fingerprint density at radius 1 is 1.50 bits per heavy atom. The molecule has 96 valence electrons. The Hall–Kier alpha value is -1.99. The lowest BCUT2D eigenvalue weighted by Crippen LogP contribution is -2.00. The minimum atomic E-state index is -0.481. The molecule has 0 spiro atoms. The lowest BCUT2D eigenvalue weighted by atomic mass is 10.1. The molecule has 1 N–H and O–H groups in total. The van der Waals surface area contributed by atoms with E-state index in [2.05, 4.69) is 0 Å². The molecule has 0 aliphatic heterocycles. The fourth-order valence-corrected chi connectivity index (χ4v) is 1.39. The molecule has 18 heavy (non-hydrogen) atoms. The second kappa shape index (κ2) is 6.67. The van der Waals surface area contributed by atoms with Gasteiger partial charge in [-0.3, -0.25) is 0 Å². The van der Waals surface area contributed by atoms with Crippen LogP contribution in [0.2, 0.25) is 0 Å². The van der Waals surface area contributed by atoms with Gasteiger partial charge in [0, 0.05) is 0 Å². The average molecular weight is 247 g/mol. The van der Waals surface area contributed by atoms with Crippen molar-refractivity contribution in [1.29, 1.82) is 5.26 Å². The van der Waals surface area contributed by atoms with E-state index in [4.69, 9.17) is 14.7 Å². The summed E-state index contributed by atoms with van der Waals surface area (Å²) in [6, 6.07) is 7.31. The minimum absolute atomic E-state index is 0.0156. The quantitative estimate of drug-likeness (QED) is 0.867. The molecule has 0 radical (unpaired) electrons. The van der Waals surface area contributed by atoms with Gasteiger partial charge in [0.05, 0.1) is 13.2 Å². The molecule has 0 heterocycles. The SMILES string of the molecule is COc1cc(/C=C(/C)C(C)O)ccc1OCC#N. The van der Waals surface area contributed by atoms with Crippen LogP contribution < -0.4 is 9.47 Å². The van der Waals surface area contributed by atoms with E-state index >= 15 is 0 Å². The molecule has 1 rings (SSSR count). The maximum absolute atomic E-state index is 9.42. The summed E-state index contributed by atoms with van der Waals surface area (Å²) in [6.07, 6.45) is 1.40. The first kappa shape index (κ1) is 14.1. The topological polar surface area (TPSA) is 62.5 Å². The highest BCUT2D eigenvalue weighted by atomic mass is 16.5. The second-order valence-electron chi connectivity index (χ2n) is 3.92.